The fourth-order valence-corrected chi connectivity index (χ4v) is 3.93. The summed E-state index contributed by atoms with van der Waals surface area (Å²) < 4.78 is 5.75. The number of aryl methyl sites for hydroxylation is 1. The Morgan fingerprint density at radius 3 is 2.81 bits per heavy atom. The summed E-state index contributed by atoms with van der Waals surface area (Å²) in [5, 5.41) is 5.52. The SMILES string of the molecule is Cc1ccc(C(C)C)cc1OCC(=O)Nc1nc(CN2CCCCC2)cs1. The molecule has 1 aliphatic rings. The van der Waals surface area contributed by atoms with Gasteiger partial charge in [-0.15, -0.1) is 11.3 Å². The van der Waals surface area contributed by atoms with Crippen LogP contribution in [-0.4, -0.2) is 35.5 Å². The molecule has 5 nitrogen and oxygen atoms in total. The zero-order chi connectivity index (χ0) is 19.2. The van der Waals surface area contributed by atoms with E-state index in [0.717, 1.165) is 36.6 Å². The first-order chi connectivity index (χ1) is 13.0. The van der Waals surface area contributed by atoms with E-state index in [1.54, 1.807) is 0 Å². The molecule has 0 unspecified atom stereocenters. The van der Waals surface area contributed by atoms with Crippen molar-refractivity contribution < 1.29 is 9.53 Å². The number of anilines is 1. The van der Waals surface area contributed by atoms with Gasteiger partial charge in [-0.05, 0) is 56.0 Å². The zero-order valence-electron chi connectivity index (χ0n) is 16.5. The molecule has 146 valence electrons. The lowest BCUT2D eigenvalue weighted by Gasteiger charge is -2.25. The molecule has 1 saturated heterocycles. The third-order valence-electron chi connectivity index (χ3n) is 4.87. The second kappa shape index (κ2) is 9.33. The highest BCUT2D eigenvalue weighted by atomic mass is 32.1. The fraction of sp³-hybridized carbons (Fsp3) is 0.524. The van der Waals surface area contributed by atoms with Crippen LogP contribution in [0.5, 0.6) is 5.75 Å². The van der Waals surface area contributed by atoms with Crippen LogP contribution in [0.25, 0.3) is 0 Å². The van der Waals surface area contributed by atoms with Crippen LogP contribution in [0.3, 0.4) is 0 Å². The van der Waals surface area contributed by atoms with E-state index in [1.807, 2.05) is 24.4 Å². The van der Waals surface area contributed by atoms with Crippen LogP contribution in [0.15, 0.2) is 23.6 Å². The molecule has 0 bridgehead atoms. The third kappa shape index (κ3) is 5.78. The Morgan fingerprint density at radius 1 is 1.30 bits per heavy atom. The Kier molecular flexibility index (Phi) is 6.85. The summed E-state index contributed by atoms with van der Waals surface area (Å²) in [7, 11) is 0. The molecule has 0 radical (unpaired) electrons. The lowest BCUT2D eigenvalue weighted by molar-refractivity contribution is -0.118. The molecule has 0 saturated carbocycles. The zero-order valence-corrected chi connectivity index (χ0v) is 17.3. The molecule has 1 aliphatic heterocycles. The Hall–Kier alpha value is -1.92. The lowest BCUT2D eigenvalue weighted by Crippen LogP contribution is -2.29. The van der Waals surface area contributed by atoms with Crippen LogP contribution in [-0.2, 0) is 11.3 Å². The van der Waals surface area contributed by atoms with Crippen molar-refractivity contribution in [3.05, 3.63) is 40.4 Å². The van der Waals surface area contributed by atoms with Crippen LogP contribution < -0.4 is 10.1 Å². The number of benzene rings is 1. The van der Waals surface area contributed by atoms with E-state index < -0.39 is 0 Å². The first kappa shape index (κ1) is 19.8. The first-order valence-corrected chi connectivity index (χ1v) is 10.6. The predicted molar refractivity (Wildman–Crippen MR) is 111 cm³/mol. The molecular formula is C21H29N3O2S. The van der Waals surface area contributed by atoms with Crippen molar-refractivity contribution in [3.63, 3.8) is 0 Å². The Morgan fingerprint density at radius 2 is 2.07 bits per heavy atom. The first-order valence-electron chi connectivity index (χ1n) is 9.71. The Balaban J connectivity index is 1.50. The average molecular weight is 388 g/mol. The number of thiazole rings is 1. The third-order valence-corrected chi connectivity index (χ3v) is 5.68. The highest BCUT2D eigenvalue weighted by molar-refractivity contribution is 7.13. The van der Waals surface area contributed by atoms with E-state index in [9.17, 15) is 4.79 Å². The summed E-state index contributed by atoms with van der Waals surface area (Å²) in [5.74, 6) is 1.01. The monoisotopic (exact) mass is 387 g/mol. The van der Waals surface area contributed by atoms with Crippen molar-refractivity contribution in [1.82, 2.24) is 9.88 Å². The normalized spacial score (nSPS) is 15.1. The summed E-state index contributed by atoms with van der Waals surface area (Å²) in [5.41, 5.74) is 3.27. The lowest BCUT2D eigenvalue weighted by atomic mass is 10.0. The number of ether oxygens (including phenoxy) is 1. The number of rotatable bonds is 7. The van der Waals surface area contributed by atoms with Crippen molar-refractivity contribution in [1.29, 1.82) is 0 Å². The molecule has 27 heavy (non-hydrogen) atoms. The maximum absolute atomic E-state index is 12.2. The van der Waals surface area contributed by atoms with Gasteiger partial charge in [-0.25, -0.2) is 4.98 Å². The van der Waals surface area contributed by atoms with Gasteiger partial charge in [0, 0.05) is 11.9 Å². The number of aromatic nitrogens is 1. The van der Waals surface area contributed by atoms with Gasteiger partial charge in [-0.2, -0.15) is 0 Å². The number of nitrogens with zero attached hydrogens (tertiary/aromatic N) is 2. The molecule has 0 aliphatic carbocycles. The number of hydrogen-bond donors (Lipinski definition) is 1. The number of amides is 1. The smallest absolute Gasteiger partial charge is 0.264 e. The molecule has 1 amide bonds. The van der Waals surface area contributed by atoms with E-state index >= 15 is 0 Å². The number of hydrogen-bond acceptors (Lipinski definition) is 5. The molecule has 1 fully saturated rings. The highest BCUT2D eigenvalue weighted by Crippen LogP contribution is 2.24. The van der Waals surface area contributed by atoms with E-state index in [2.05, 4.69) is 35.1 Å². The molecule has 0 atom stereocenters. The molecule has 1 N–H and O–H groups in total. The van der Waals surface area contributed by atoms with E-state index in [4.69, 9.17) is 4.74 Å². The summed E-state index contributed by atoms with van der Waals surface area (Å²) >= 11 is 1.47. The number of nitrogens with one attached hydrogen (secondary N) is 1. The number of carbonyl (C=O) groups is 1. The average Bonchev–Trinajstić information content (AvgIpc) is 3.08. The van der Waals surface area contributed by atoms with Gasteiger partial charge < -0.3 is 4.74 Å². The highest BCUT2D eigenvalue weighted by Gasteiger charge is 2.14. The Labute approximate surface area is 165 Å². The van der Waals surface area contributed by atoms with E-state index in [1.165, 1.54) is 36.2 Å². The molecule has 2 aromatic rings. The maximum atomic E-state index is 12.2. The summed E-state index contributed by atoms with van der Waals surface area (Å²) in [6.45, 7) is 9.42. The second-order valence-electron chi connectivity index (χ2n) is 7.50. The Bertz CT molecular complexity index is 767. The van der Waals surface area contributed by atoms with E-state index in [-0.39, 0.29) is 12.5 Å². The summed E-state index contributed by atoms with van der Waals surface area (Å²) in [6.07, 6.45) is 3.86. The number of piperidine rings is 1. The van der Waals surface area contributed by atoms with Crippen molar-refractivity contribution in [2.24, 2.45) is 0 Å². The summed E-state index contributed by atoms with van der Waals surface area (Å²) in [4.78, 5) is 19.2. The predicted octanol–water partition coefficient (Wildman–Crippen LogP) is 4.58. The van der Waals surface area contributed by atoms with Crippen molar-refractivity contribution in [2.45, 2.75) is 52.5 Å². The molecule has 2 heterocycles. The molecule has 6 heteroatoms. The largest absolute Gasteiger partial charge is 0.483 e. The minimum atomic E-state index is -0.178. The van der Waals surface area contributed by atoms with E-state index in [0.29, 0.717) is 11.0 Å². The molecule has 3 rings (SSSR count). The minimum absolute atomic E-state index is 0.0105. The number of likely N-dealkylation sites (tertiary alicyclic amines) is 1. The van der Waals surface area contributed by atoms with Gasteiger partial charge >= 0.3 is 0 Å². The van der Waals surface area contributed by atoms with Crippen molar-refractivity contribution in [2.75, 3.05) is 25.0 Å². The quantitative estimate of drug-likeness (QED) is 0.756. The van der Waals surface area contributed by atoms with Crippen LogP contribution in [0, 0.1) is 6.92 Å². The van der Waals surface area contributed by atoms with Crippen LogP contribution in [0.4, 0.5) is 5.13 Å². The molecule has 1 aromatic heterocycles. The van der Waals surface area contributed by atoms with Gasteiger partial charge in [0.05, 0.1) is 5.69 Å². The molecule has 0 spiro atoms. The van der Waals surface area contributed by atoms with Crippen LogP contribution in [0.2, 0.25) is 0 Å². The van der Waals surface area contributed by atoms with Gasteiger partial charge in [-0.1, -0.05) is 32.4 Å². The van der Waals surface area contributed by atoms with Gasteiger partial charge in [-0.3, -0.25) is 15.0 Å². The van der Waals surface area contributed by atoms with Gasteiger partial charge in [0.25, 0.3) is 5.91 Å². The molecule has 1 aromatic carbocycles. The fourth-order valence-electron chi connectivity index (χ4n) is 3.21. The number of carbonyl (C=O) groups excluding carboxylic acids is 1. The van der Waals surface area contributed by atoms with Gasteiger partial charge in [0.1, 0.15) is 5.75 Å². The topological polar surface area (TPSA) is 54.5 Å². The van der Waals surface area contributed by atoms with Crippen molar-refractivity contribution in [3.8, 4) is 5.75 Å². The summed E-state index contributed by atoms with van der Waals surface area (Å²) in [6, 6.07) is 6.16. The van der Waals surface area contributed by atoms with Gasteiger partial charge in [0.2, 0.25) is 0 Å². The van der Waals surface area contributed by atoms with Gasteiger partial charge in [0.15, 0.2) is 11.7 Å². The van der Waals surface area contributed by atoms with Crippen LogP contribution in [0.1, 0.15) is 55.8 Å². The minimum Gasteiger partial charge on any atom is -0.483 e. The maximum Gasteiger partial charge on any atom is 0.264 e. The second-order valence-corrected chi connectivity index (χ2v) is 8.36. The van der Waals surface area contributed by atoms with Crippen molar-refractivity contribution >= 4 is 22.4 Å². The van der Waals surface area contributed by atoms with Crippen LogP contribution >= 0.6 is 11.3 Å². The molecular weight excluding hydrogens is 358 g/mol. The standard InChI is InChI=1S/C21H29N3O2S/c1-15(2)17-8-7-16(3)19(11-17)26-13-20(25)23-21-22-18(14-27-21)12-24-9-5-4-6-10-24/h7-8,11,14-15H,4-6,9-10,12-13H2,1-3H3,(H,22,23,25).